The molecule has 1 heterocycles. The van der Waals surface area contributed by atoms with Crippen molar-refractivity contribution < 1.29 is 18.9 Å². The van der Waals surface area contributed by atoms with Gasteiger partial charge in [-0.25, -0.2) is 4.63 Å². The molecule has 0 aliphatic rings. The van der Waals surface area contributed by atoms with Crippen LogP contribution < -0.4 is 14.8 Å². The number of anilines is 1. The lowest BCUT2D eigenvalue weighted by atomic mass is 10.1. The molecule has 7 nitrogen and oxygen atoms in total. The van der Waals surface area contributed by atoms with Crippen molar-refractivity contribution in [2.24, 2.45) is 0 Å². The van der Waals surface area contributed by atoms with Crippen LogP contribution in [0.1, 0.15) is 29.8 Å². The summed E-state index contributed by atoms with van der Waals surface area (Å²) >= 11 is 0. The van der Waals surface area contributed by atoms with Crippen LogP contribution in [0.3, 0.4) is 0 Å². The molecule has 2 aromatic carbocycles. The second-order valence-corrected chi connectivity index (χ2v) is 5.79. The Labute approximate surface area is 157 Å². The maximum absolute atomic E-state index is 12.6. The summed E-state index contributed by atoms with van der Waals surface area (Å²) in [6, 6.07) is 12.6. The minimum absolute atomic E-state index is 0.255. The van der Waals surface area contributed by atoms with E-state index >= 15 is 0 Å². The van der Waals surface area contributed by atoms with Crippen molar-refractivity contribution in [3.8, 4) is 22.8 Å². The molecule has 7 heteroatoms. The van der Waals surface area contributed by atoms with Gasteiger partial charge in [-0.05, 0) is 73.0 Å². The Hall–Kier alpha value is -3.35. The van der Waals surface area contributed by atoms with Gasteiger partial charge in [-0.2, -0.15) is 0 Å². The highest BCUT2D eigenvalue weighted by atomic mass is 16.6. The number of carbonyl (C=O) groups excluding carboxylic acids is 1. The fraction of sp³-hybridized carbons (Fsp3) is 0.250. The predicted octanol–water partition coefficient (Wildman–Crippen LogP) is 4.09. The number of benzene rings is 2. The van der Waals surface area contributed by atoms with Crippen LogP contribution in [-0.2, 0) is 0 Å². The normalized spacial score (nSPS) is 10.5. The van der Waals surface area contributed by atoms with Gasteiger partial charge in [-0.1, -0.05) is 6.07 Å². The summed E-state index contributed by atoms with van der Waals surface area (Å²) in [4.78, 5) is 12.6. The second kappa shape index (κ2) is 8.35. The lowest BCUT2D eigenvalue weighted by Gasteiger charge is -2.09. The highest BCUT2D eigenvalue weighted by Gasteiger charge is 2.17. The summed E-state index contributed by atoms with van der Waals surface area (Å²) < 4.78 is 15.8. The third-order valence-electron chi connectivity index (χ3n) is 3.88. The van der Waals surface area contributed by atoms with Crippen molar-refractivity contribution in [3.05, 3.63) is 53.6 Å². The summed E-state index contributed by atoms with van der Waals surface area (Å²) in [7, 11) is 0. The number of nitrogens with one attached hydrogen (secondary N) is 1. The van der Waals surface area contributed by atoms with Crippen molar-refractivity contribution in [3.63, 3.8) is 0 Å². The van der Waals surface area contributed by atoms with E-state index in [-0.39, 0.29) is 11.7 Å². The maximum atomic E-state index is 12.6. The van der Waals surface area contributed by atoms with E-state index < -0.39 is 0 Å². The topological polar surface area (TPSA) is 86.5 Å². The predicted molar refractivity (Wildman–Crippen MR) is 101 cm³/mol. The largest absolute Gasteiger partial charge is 0.494 e. The van der Waals surface area contributed by atoms with Crippen LogP contribution in [-0.4, -0.2) is 29.4 Å². The molecule has 0 bridgehead atoms. The average Bonchev–Trinajstić information content (AvgIpc) is 3.12. The number of hydrogen-bond donors (Lipinski definition) is 1. The molecule has 27 heavy (non-hydrogen) atoms. The number of amides is 1. The molecular formula is C20H21N3O4. The van der Waals surface area contributed by atoms with Gasteiger partial charge in [0.25, 0.3) is 5.91 Å². The molecule has 0 fully saturated rings. The molecule has 0 saturated carbocycles. The van der Waals surface area contributed by atoms with E-state index in [1.54, 1.807) is 24.3 Å². The molecule has 140 valence electrons. The first kappa shape index (κ1) is 18.4. The zero-order valence-corrected chi connectivity index (χ0v) is 15.5. The third-order valence-corrected chi connectivity index (χ3v) is 3.88. The Morgan fingerprint density at radius 1 is 1.07 bits per heavy atom. The Morgan fingerprint density at radius 2 is 1.89 bits per heavy atom. The molecular weight excluding hydrogens is 346 g/mol. The first-order valence-corrected chi connectivity index (χ1v) is 8.73. The van der Waals surface area contributed by atoms with Crippen molar-refractivity contribution in [2.45, 2.75) is 20.8 Å². The number of carbonyl (C=O) groups is 1. The average molecular weight is 367 g/mol. The van der Waals surface area contributed by atoms with Gasteiger partial charge in [0.1, 0.15) is 11.5 Å². The Morgan fingerprint density at radius 3 is 2.63 bits per heavy atom. The van der Waals surface area contributed by atoms with Crippen LogP contribution in [0.5, 0.6) is 11.5 Å². The van der Waals surface area contributed by atoms with Gasteiger partial charge in [0.2, 0.25) is 5.82 Å². The Kier molecular flexibility index (Phi) is 5.71. The summed E-state index contributed by atoms with van der Waals surface area (Å²) in [5.41, 5.74) is 2.64. The van der Waals surface area contributed by atoms with E-state index in [1.807, 2.05) is 39.0 Å². The van der Waals surface area contributed by atoms with Crippen LogP contribution in [0.25, 0.3) is 11.3 Å². The third kappa shape index (κ3) is 4.25. The van der Waals surface area contributed by atoms with Gasteiger partial charge in [0.15, 0.2) is 5.69 Å². The first-order chi connectivity index (χ1) is 13.1. The summed E-state index contributed by atoms with van der Waals surface area (Å²) in [5.74, 6) is 1.36. The Balaban J connectivity index is 1.82. The molecule has 0 saturated heterocycles. The smallest absolute Gasteiger partial charge is 0.257 e. The zero-order chi connectivity index (χ0) is 19.2. The molecule has 0 unspecified atom stereocenters. The van der Waals surface area contributed by atoms with Gasteiger partial charge in [0, 0.05) is 11.1 Å². The van der Waals surface area contributed by atoms with Crippen molar-refractivity contribution in [1.29, 1.82) is 0 Å². The molecule has 1 aromatic heterocycles. The lowest BCUT2D eigenvalue weighted by molar-refractivity contribution is 0.102. The van der Waals surface area contributed by atoms with E-state index in [2.05, 4.69) is 15.6 Å². The minimum Gasteiger partial charge on any atom is -0.494 e. The second-order valence-electron chi connectivity index (χ2n) is 5.79. The molecule has 3 rings (SSSR count). The molecule has 3 aromatic rings. The van der Waals surface area contributed by atoms with Crippen molar-refractivity contribution >= 4 is 11.7 Å². The minimum atomic E-state index is -0.323. The number of aromatic nitrogens is 2. The highest BCUT2D eigenvalue weighted by Crippen LogP contribution is 2.29. The standard InChI is InChI=1S/C20H21N3O4/c1-4-25-16-8-6-7-15(12-16)20(24)21-19-18(22-27-23-19)14-9-10-17(26-5-2)13(3)11-14/h6-12H,4-5H2,1-3H3,(H,21,23,24). The fourth-order valence-corrected chi connectivity index (χ4v) is 2.65. The van der Waals surface area contributed by atoms with E-state index in [0.717, 1.165) is 16.9 Å². The molecule has 0 aliphatic carbocycles. The number of rotatable bonds is 7. The van der Waals surface area contributed by atoms with E-state index in [0.29, 0.717) is 30.2 Å². The SMILES string of the molecule is CCOc1cccc(C(=O)Nc2nonc2-c2ccc(OCC)c(C)c2)c1. The maximum Gasteiger partial charge on any atom is 0.257 e. The molecule has 0 aliphatic heterocycles. The first-order valence-electron chi connectivity index (χ1n) is 8.73. The van der Waals surface area contributed by atoms with E-state index in [9.17, 15) is 4.79 Å². The lowest BCUT2D eigenvalue weighted by Crippen LogP contribution is -2.13. The summed E-state index contributed by atoms with van der Waals surface area (Å²) in [6.07, 6.45) is 0. The van der Waals surface area contributed by atoms with E-state index in [1.165, 1.54) is 0 Å². The molecule has 0 atom stereocenters. The highest BCUT2D eigenvalue weighted by molar-refractivity contribution is 6.05. The van der Waals surface area contributed by atoms with Gasteiger partial charge >= 0.3 is 0 Å². The van der Waals surface area contributed by atoms with Crippen molar-refractivity contribution in [2.75, 3.05) is 18.5 Å². The van der Waals surface area contributed by atoms with Crippen molar-refractivity contribution in [1.82, 2.24) is 10.3 Å². The molecule has 1 amide bonds. The fourth-order valence-electron chi connectivity index (χ4n) is 2.65. The number of aryl methyl sites for hydroxylation is 1. The van der Waals surface area contributed by atoms with Crippen LogP contribution in [0.4, 0.5) is 5.82 Å². The number of ether oxygens (including phenoxy) is 2. The quantitative estimate of drug-likeness (QED) is 0.677. The molecule has 0 radical (unpaired) electrons. The van der Waals surface area contributed by atoms with Gasteiger partial charge in [0.05, 0.1) is 13.2 Å². The van der Waals surface area contributed by atoms with Gasteiger partial charge in [-0.15, -0.1) is 0 Å². The molecule has 0 spiro atoms. The van der Waals surface area contributed by atoms with Gasteiger partial charge < -0.3 is 14.8 Å². The zero-order valence-electron chi connectivity index (χ0n) is 15.5. The molecule has 1 N–H and O–H groups in total. The van der Waals surface area contributed by atoms with Crippen LogP contribution >= 0.6 is 0 Å². The van der Waals surface area contributed by atoms with Gasteiger partial charge in [-0.3, -0.25) is 4.79 Å². The van der Waals surface area contributed by atoms with E-state index in [4.69, 9.17) is 14.1 Å². The van der Waals surface area contributed by atoms with Crippen LogP contribution in [0, 0.1) is 6.92 Å². The number of hydrogen-bond acceptors (Lipinski definition) is 6. The van der Waals surface area contributed by atoms with Crippen LogP contribution in [0.2, 0.25) is 0 Å². The monoisotopic (exact) mass is 367 g/mol. The van der Waals surface area contributed by atoms with Crippen LogP contribution in [0.15, 0.2) is 47.1 Å². The summed E-state index contributed by atoms with van der Waals surface area (Å²) in [5, 5.41) is 10.5. The summed E-state index contributed by atoms with van der Waals surface area (Å²) in [6.45, 7) is 6.88. The number of nitrogens with zero attached hydrogens (tertiary/aromatic N) is 2. The Bertz CT molecular complexity index is 936.